The lowest BCUT2D eigenvalue weighted by atomic mass is 9.77. The number of rotatable bonds is 5. The normalized spacial score (nSPS) is 29.1. The van der Waals surface area contributed by atoms with Crippen molar-refractivity contribution in [3.63, 3.8) is 0 Å². The number of carbonyl (C=O) groups excluding carboxylic acids is 1. The minimum Gasteiger partial charge on any atom is -0.376 e. The number of anilines is 1. The fourth-order valence-electron chi connectivity index (χ4n) is 5.13. The summed E-state index contributed by atoms with van der Waals surface area (Å²) in [7, 11) is 0. The number of pyridine rings is 1. The number of amides is 1. The van der Waals surface area contributed by atoms with Crippen LogP contribution in [0, 0.1) is 17.8 Å². The van der Waals surface area contributed by atoms with Gasteiger partial charge in [-0.1, -0.05) is 11.6 Å². The SMILES string of the molecule is CC(=O)N[C@@H]1C[C@@H]2CN(c3ccnc4cc(Cl)ccc34)C[C@@H]2C[C@H]1OCC1CC1. The predicted molar refractivity (Wildman–Crippen MR) is 115 cm³/mol. The molecule has 3 aliphatic rings. The fourth-order valence-corrected chi connectivity index (χ4v) is 5.30. The van der Waals surface area contributed by atoms with Crippen molar-refractivity contribution in [2.75, 3.05) is 24.6 Å². The Bertz CT molecular complexity index is 916. The molecule has 1 aromatic heterocycles. The number of aromatic nitrogens is 1. The van der Waals surface area contributed by atoms with Gasteiger partial charge in [-0.05, 0) is 67.7 Å². The van der Waals surface area contributed by atoms with Crippen molar-refractivity contribution in [2.24, 2.45) is 17.8 Å². The summed E-state index contributed by atoms with van der Waals surface area (Å²) in [4.78, 5) is 18.7. The summed E-state index contributed by atoms with van der Waals surface area (Å²) >= 11 is 6.16. The first-order valence-corrected chi connectivity index (χ1v) is 11.1. The molecule has 1 aliphatic heterocycles. The maximum Gasteiger partial charge on any atom is 0.217 e. The van der Waals surface area contributed by atoms with Gasteiger partial charge in [0.1, 0.15) is 0 Å². The van der Waals surface area contributed by atoms with Gasteiger partial charge in [-0.25, -0.2) is 0 Å². The molecule has 1 N–H and O–H groups in total. The Kier molecular flexibility index (Phi) is 5.12. The van der Waals surface area contributed by atoms with E-state index in [0.717, 1.165) is 49.4 Å². The van der Waals surface area contributed by atoms with E-state index in [1.54, 1.807) is 6.92 Å². The lowest BCUT2D eigenvalue weighted by Gasteiger charge is -2.38. The highest BCUT2D eigenvalue weighted by Gasteiger charge is 2.43. The zero-order valence-electron chi connectivity index (χ0n) is 16.8. The van der Waals surface area contributed by atoms with Gasteiger partial charge in [-0.15, -0.1) is 0 Å². The van der Waals surface area contributed by atoms with Crippen LogP contribution in [-0.4, -0.2) is 42.7 Å². The molecule has 6 heteroatoms. The highest BCUT2D eigenvalue weighted by molar-refractivity contribution is 6.31. The van der Waals surface area contributed by atoms with Gasteiger partial charge in [0.15, 0.2) is 0 Å². The van der Waals surface area contributed by atoms with E-state index in [9.17, 15) is 4.79 Å². The Morgan fingerprint density at radius 3 is 2.79 bits per heavy atom. The number of hydrogen-bond acceptors (Lipinski definition) is 4. The molecule has 0 bridgehead atoms. The van der Waals surface area contributed by atoms with E-state index in [0.29, 0.717) is 16.9 Å². The smallest absolute Gasteiger partial charge is 0.217 e. The number of halogens is 1. The van der Waals surface area contributed by atoms with Crippen LogP contribution in [0.5, 0.6) is 0 Å². The predicted octanol–water partition coefficient (Wildman–Crippen LogP) is 4.03. The van der Waals surface area contributed by atoms with Crippen molar-refractivity contribution >= 4 is 34.1 Å². The zero-order valence-corrected chi connectivity index (χ0v) is 17.6. The molecule has 2 heterocycles. The standard InChI is InChI=1S/C23H28ClN3O2/c1-14(28)26-21-8-16-11-27(12-17(16)9-23(21)29-13-15-2-3-15)22-6-7-25-20-10-18(24)4-5-19(20)22/h4-7,10,15-17,21,23H,2-3,8-9,11-13H2,1H3,(H,26,28)/t16-,17+,21-,23-/m1/s1. The van der Waals surface area contributed by atoms with Gasteiger partial charge in [0.2, 0.25) is 5.91 Å². The maximum absolute atomic E-state index is 11.8. The highest BCUT2D eigenvalue weighted by atomic mass is 35.5. The molecular formula is C23H28ClN3O2. The number of nitrogens with one attached hydrogen (secondary N) is 1. The third kappa shape index (κ3) is 4.08. The lowest BCUT2D eigenvalue weighted by molar-refractivity contribution is -0.122. The average molecular weight is 414 g/mol. The largest absolute Gasteiger partial charge is 0.376 e. The summed E-state index contributed by atoms with van der Waals surface area (Å²) in [6.07, 6.45) is 6.59. The Balaban J connectivity index is 1.35. The molecule has 4 atom stereocenters. The molecule has 0 spiro atoms. The van der Waals surface area contributed by atoms with Crippen molar-refractivity contribution < 1.29 is 9.53 Å². The summed E-state index contributed by atoms with van der Waals surface area (Å²) in [6.45, 7) is 4.50. The lowest BCUT2D eigenvalue weighted by Crippen LogP contribution is -2.50. The summed E-state index contributed by atoms with van der Waals surface area (Å²) < 4.78 is 6.30. The van der Waals surface area contributed by atoms with Crippen molar-refractivity contribution in [2.45, 2.75) is 44.8 Å². The van der Waals surface area contributed by atoms with Crippen molar-refractivity contribution in [1.29, 1.82) is 0 Å². The maximum atomic E-state index is 11.8. The number of ether oxygens (including phenoxy) is 1. The molecule has 29 heavy (non-hydrogen) atoms. The quantitative estimate of drug-likeness (QED) is 0.803. The van der Waals surface area contributed by atoms with Gasteiger partial charge in [0.05, 0.1) is 17.7 Å². The molecular weight excluding hydrogens is 386 g/mol. The van der Waals surface area contributed by atoms with E-state index in [-0.39, 0.29) is 18.1 Å². The van der Waals surface area contributed by atoms with Gasteiger partial charge in [-0.2, -0.15) is 0 Å². The van der Waals surface area contributed by atoms with Crippen LogP contribution in [0.3, 0.4) is 0 Å². The number of fused-ring (bicyclic) bond motifs is 2. The molecule has 2 aliphatic carbocycles. The molecule has 5 nitrogen and oxygen atoms in total. The van der Waals surface area contributed by atoms with Gasteiger partial charge < -0.3 is 15.0 Å². The second-order valence-corrected chi connectivity index (χ2v) is 9.45. The van der Waals surface area contributed by atoms with Crippen molar-refractivity contribution in [3.05, 3.63) is 35.5 Å². The minimum absolute atomic E-state index is 0.0420. The highest BCUT2D eigenvalue weighted by Crippen LogP contribution is 2.41. The van der Waals surface area contributed by atoms with E-state index in [4.69, 9.17) is 16.3 Å². The van der Waals surface area contributed by atoms with Crippen LogP contribution in [0.2, 0.25) is 5.02 Å². The molecule has 1 aromatic carbocycles. The molecule has 1 saturated heterocycles. The number of carbonyl (C=O) groups is 1. The Labute approximate surface area is 176 Å². The van der Waals surface area contributed by atoms with E-state index in [2.05, 4.69) is 27.3 Å². The molecule has 5 rings (SSSR count). The summed E-state index contributed by atoms with van der Waals surface area (Å²) in [5.41, 5.74) is 2.17. The molecule has 3 fully saturated rings. The van der Waals surface area contributed by atoms with Gasteiger partial charge in [0.25, 0.3) is 0 Å². The van der Waals surface area contributed by atoms with Gasteiger partial charge in [0, 0.05) is 48.9 Å². The summed E-state index contributed by atoms with van der Waals surface area (Å²) in [5, 5.41) is 5.03. The third-order valence-electron chi connectivity index (χ3n) is 6.77. The molecule has 2 aromatic rings. The molecule has 1 amide bonds. The van der Waals surface area contributed by atoms with Crippen LogP contribution in [0.1, 0.15) is 32.6 Å². The topological polar surface area (TPSA) is 54.5 Å². The molecule has 154 valence electrons. The van der Waals surface area contributed by atoms with Crippen LogP contribution >= 0.6 is 11.6 Å². The Morgan fingerprint density at radius 2 is 2.03 bits per heavy atom. The number of hydrogen-bond donors (Lipinski definition) is 1. The minimum atomic E-state index is 0.0420. The van der Waals surface area contributed by atoms with Gasteiger partial charge in [-0.3, -0.25) is 9.78 Å². The van der Waals surface area contributed by atoms with E-state index < -0.39 is 0 Å². The second kappa shape index (κ2) is 7.77. The van der Waals surface area contributed by atoms with Crippen LogP contribution in [0.15, 0.2) is 30.5 Å². The molecule has 0 radical (unpaired) electrons. The van der Waals surface area contributed by atoms with Crippen LogP contribution in [-0.2, 0) is 9.53 Å². The van der Waals surface area contributed by atoms with Crippen LogP contribution in [0.4, 0.5) is 5.69 Å². The molecule has 0 unspecified atom stereocenters. The summed E-state index contributed by atoms with van der Waals surface area (Å²) in [5.74, 6) is 1.95. The Morgan fingerprint density at radius 1 is 1.24 bits per heavy atom. The average Bonchev–Trinajstić information content (AvgIpc) is 3.43. The fraction of sp³-hybridized carbons (Fsp3) is 0.565. The first-order chi connectivity index (χ1) is 14.1. The second-order valence-electron chi connectivity index (χ2n) is 9.01. The third-order valence-corrected chi connectivity index (χ3v) is 7.01. The van der Waals surface area contributed by atoms with Crippen molar-refractivity contribution in [3.8, 4) is 0 Å². The number of benzene rings is 1. The first kappa shape index (κ1) is 19.1. The first-order valence-electron chi connectivity index (χ1n) is 10.7. The van der Waals surface area contributed by atoms with E-state index in [1.165, 1.54) is 18.5 Å². The monoisotopic (exact) mass is 413 g/mol. The Hall–Kier alpha value is -1.85. The zero-order chi connectivity index (χ0) is 20.0. The molecule has 2 saturated carbocycles. The van der Waals surface area contributed by atoms with E-state index in [1.807, 2.05) is 18.3 Å². The number of nitrogens with zero attached hydrogens (tertiary/aromatic N) is 2. The van der Waals surface area contributed by atoms with Crippen LogP contribution in [0.25, 0.3) is 10.9 Å². The van der Waals surface area contributed by atoms with Crippen molar-refractivity contribution in [1.82, 2.24) is 10.3 Å². The summed E-state index contributed by atoms with van der Waals surface area (Å²) in [6, 6.07) is 8.18. The van der Waals surface area contributed by atoms with E-state index >= 15 is 0 Å². The van der Waals surface area contributed by atoms with Gasteiger partial charge >= 0.3 is 0 Å². The van der Waals surface area contributed by atoms with Crippen LogP contribution < -0.4 is 10.2 Å².